The van der Waals surface area contributed by atoms with Crippen molar-refractivity contribution in [3.8, 4) is 0 Å². The maximum Gasteiger partial charge on any atom is 0.242 e. The second-order valence-electron chi connectivity index (χ2n) is 6.40. The lowest BCUT2D eigenvalue weighted by molar-refractivity contribution is -0.115. The zero-order chi connectivity index (χ0) is 17.9. The number of anilines is 1. The summed E-state index contributed by atoms with van der Waals surface area (Å²) in [5, 5.41) is 15.3. The van der Waals surface area contributed by atoms with Crippen molar-refractivity contribution in [2.75, 3.05) is 5.32 Å². The van der Waals surface area contributed by atoms with E-state index in [-0.39, 0.29) is 5.91 Å². The number of tetrazole rings is 1. The number of hydrogen-bond donors (Lipinski definition) is 1. The van der Waals surface area contributed by atoms with Gasteiger partial charge in [-0.15, -0.1) is 5.10 Å². The monoisotopic (exact) mass is 365 g/mol. The first kappa shape index (κ1) is 16.8. The average Bonchev–Trinajstić information content (AvgIpc) is 3.40. The van der Waals surface area contributed by atoms with Gasteiger partial charge in [0, 0.05) is 5.69 Å². The molecule has 2 aromatic carbocycles. The Bertz CT molecular complexity index is 890. The molecule has 1 atom stereocenters. The molecule has 1 aromatic heterocycles. The predicted octanol–water partition coefficient (Wildman–Crippen LogP) is 3.79. The third kappa shape index (κ3) is 3.77. The predicted molar refractivity (Wildman–Crippen MR) is 101 cm³/mol. The maximum absolute atomic E-state index is 13.0. The highest BCUT2D eigenvalue weighted by Gasteiger charge is 2.31. The molecule has 0 unspecified atom stereocenters. The number of carbonyl (C=O) groups is 1. The molecule has 26 heavy (non-hydrogen) atoms. The Morgan fingerprint density at radius 3 is 2.58 bits per heavy atom. The molecule has 7 heteroatoms. The van der Waals surface area contributed by atoms with Gasteiger partial charge in [0.15, 0.2) is 0 Å². The van der Waals surface area contributed by atoms with E-state index in [1.807, 2.05) is 66.2 Å². The van der Waals surface area contributed by atoms with Crippen LogP contribution in [-0.4, -0.2) is 26.1 Å². The van der Waals surface area contributed by atoms with Gasteiger partial charge in [0.2, 0.25) is 11.1 Å². The molecule has 1 amide bonds. The van der Waals surface area contributed by atoms with Crippen LogP contribution < -0.4 is 5.32 Å². The zero-order valence-corrected chi connectivity index (χ0v) is 15.2. The summed E-state index contributed by atoms with van der Waals surface area (Å²) >= 11 is 1.39. The number of aromatic nitrogens is 4. The molecule has 132 valence electrons. The lowest BCUT2D eigenvalue weighted by atomic mass is 10.1. The molecule has 1 aliphatic carbocycles. The van der Waals surface area contributed by atoms with Crippen molar-refractivity contribution >= 4 is 23.4 Å². The van der Waals surface area contributed by atoms with Crippen molar-refractivity contribution in [3.05, 3.63) is 65.7 Å². The minimum Gasteiger partial charge on any atom is -0.325 e. The number of nitrogens with one attached hydrogen (secondary N) is 1. The van der Waals surface area contributed by atoms with Crippen LogP contribution >= 0.6 is 11.8 Å². The minimum absolute atomic E-state index is 0.0876. The zero-order valence-electron chi connectivity index (χ0n) is 14.4. The van der Waals surface area contributed by atoms with E-state index >= 15 is 0 Å². The number of benzene rings is 2. The van der Waals surface area contributed by atoms with Gasteiger partial charge in [-0.1, -0.05) is 59.8 Å². The summed E-state index contributed by atoms with van der Waals surface area (Å²) < 4.78 is 1.83. The SMILES string of the molecule is Cc1ccc(NC(=O)[C@@H](Sc2nnnn2C2CC2)c2ccccc2)cc1. The third-order valence-electron chi connectivity index (χ3n) is 4.24. The Labute approximate surface area is 156 Å². The summed E-state index contributed by atoms with van der Waals surface area (Å²) in [7, 11) is 0. The highest BCUT2D eigenvalue weighted by Crippen LogP contribution is 2.40. The highest BCUT2D eigenvalue weighted by molar-refractivity contribution is 8.00. The second kappa shape index (κ2) is 7.29. The average molecular weight is 365 g/mol. The van der Waals surface area contributed by atoms with E-state index in [9.17, 15) is 4.79 Å². The van der Waals surface area contributed by atoms with Gasteiger partial charge in [0.05, 0.1) is 6.04 Å². The first-order valence-corrected chi connectivity index (χ1v) is 9.45. The number of rotatable bonds is 6. The fourth-order valence-corrected chi connectivity index (χ4v) is 3.71. The first-order valence-electron chi connectivity index (χ1n) is 8.58. The van der Waals surface area contributed by atoms with E-state index in [0.29, 0.717) is 11.2 Å². The van der Waals surface area contributed by atoms with Gasteiger partial charge in [-0.05, 0) is 47.9 Å². The number of amides is 1. The molecule has 0 saturated heterocycles. The van der Waals surface area contributed by atoms with E-state index in [2.05, 4.69) is 20.8 Å². The smallest absolute Gasteiger partial charge is 0.242 e. The highest BCUT2D eigenvalue weighted by atomic mass is 32.2. The van der Waals surface area contributed by atoms with Crippen LogP contribution in [-0.2, 0) is 4.79 Å². The number of nitrogens with zero attached hydrogens (tertiary/aromatic N) is 4. The number of carbonyl (C=O) groups excluding carboxylic acids is 1. The second-order valence-corrected chi connectivity index (χ2v) is 7.47. The molecule has 1 fully saturated rings. The molecule has 1 N–H and O–H groups in total. The number of aryl methyl sites for hydroxylation is 1. The Hall–Kier alpha value is -2.67. The number of hydrogen-bond acceptors (Lipinski definition) is 5. The summed E-state index contributed by atoms with van der Waals surface area (Å²) in [6.07, 6.45) is 2.17. The summed E-state index contributed by atoms with van der Waals surface area (Å²) in [6.45, 7) is 2.02. The Kier molecular flexibility index (Phi) is 4.71. The molecule has 0 aliphatic heterocycles. The molecule has 1 aliphatic rings. The molecule has 6 nitrogen and oxygen atoms in total. The quantitative estimate of drug-likeness (QED) is 0.673. The summed E-state index contributed by atoms with van der Waals surface area (Å²) in [6, 6.07) is 17.9. The van der Waals surface area contributed by atoms with Crippen LogP contribution in [0.1, 0.15) is 35.3 Å². The van der Waals surface area contributed by atoms with Crippen molar-refractivity contribution in [2.45, 2.75) is 36.2 Å². The van der Waals surface area contributed by atoms with Crippen molar-refractivity contribution < 1.29 is 4.79 Å². The van der Waals surface area contributed by atoms with Gasteiger partial charge in [-0.2, -0.15) is 0 Å². The summed E-state index contributed by atoms with van der Waals surface area (Å²) in [5.74, 6) is -0.0876. The Morgan fingerprint density at radius 2 is 1.88 bits per heavy atom. The molecular weight excluding hydrogens is 346 g/mol. The fourth-order valence-electron chi connectivity index (χ4n) is 2.66. The minimum atomic E-state index is -0.430. The lowest BCUT2D eigenvalue weighted by Gasteiger charge is -2.16. The van der Waals surface area contributed by atoms with Gasteiger partial charge in [0.25, 0.3) is 0 Å². The normalized spacial score (nSPS) is 14.8. The molecule has 0 bridgehead atoms. The van der Waals surface area contributed by atoms with Crippen molar-refractivity contribution in [3.63, 3.8) is 0 Å². The standard InChI is InChI=1S/C19H19N5OS/c1-13-7-9-15(10-8-13)20-18(25)17(14-5-3-2-4-6-14)26-19-21-22-23-24(19)16-11-12-16/h2-10,16-17H,11-12H2,1H3,(H,20,25)/t17-/m0/s1. The van der Waals surface area contributed by atoms with Gasteiger partial charge < -0.3 is 5.32 Å². The van der Waals surface area contributed by atoms with E-state index in [0.717, 1.165) is 29.7 Å². The number of thioether (sulfide) groups is 1. The van der Waals surface area contributed by atoms with Crippen molar-refractivity contribution in [2.24, 2.45) is 0 Å². The fraction of sp³-hybridized carbons (Fsp3) is 0.263. The van der Waals surface area contributed by atoms with Crippen LogP contribution in [0, 0.1) is 6.92 Å². The van der Waals surface area contributed by atoms with Gasteiger partial charge >= 0.3 is 0 Å². The van der Waals surface area contributed by atoms with Gasteiger partial charge in [-0.3, -0.25) is 4.79 Å². The third-order valence-corrected chi connectivity index (χ3v) is 5.44. The van der Waals surface area contributed by atoms with Crippen LogP contribution in [0.3, 0.4) is 0 Å². The molecule has 1 saturated carbocycles. The van der Waals surface area contributed by atoms with E-state index in [4.69, 9.17) is 0 Å². The summed E-state index contributed by atoms with van der Waals surface area (Å²) in [4.78, 5) is 13.0. The molecule has 0 spiro atoms. The Morgan fingerprint density at radius 1 is 1.15 bits per heavy atom. The van der Waals surface area contributed by atoms with Crippen LogP contribution in [0.15, 0.2) is 59.8 Å². The van der Waals surface area contributed by atoms with Crippen molar-refractivity contribution in [1.29, 1.82) is 0 Å². The molecule has 4 rings (SSSR count). The van der Waals surface area contributed by atoms with Crippen LogP contribution in [0.4, 0.5) is 5.69 Å². The van der Waals surface area contributed by atoms with Crippen molar-refractivity contribution in [1.82, 2.24) is 20.2 Å². The maximum atomic E-state index is 13.0. The van der Waals surface area contributed by atoms with E-state index in [1.165, 1.54) is 11.8 Å². The topological polar surface area (TPSA) is 72.7 Å². The first-order chi connectivity index (χ1) is 12.7. The van der Waals surface area contributed by atoms with Crippen LogP contribution in [0.2, 0.25) is 0 Å². The summed E-state index contributed by atoms with van der Waals surface area (Å²) in [5.41, 5.74) is 2.86. The van der Waals surface area contributed by atoms with Crippen LogP contribution in [0.5, 0.6) is 0 Å². The van der Waals surface area contributed by atoms with E-state index < -0.39 is 5.25 Å². The molecule has 3 aromatic rings. The Balaban J connectivity index is 1.59. The molecular formula is C19H19N5OS. The lowest BCUT2D eigenvalue weighted by Crippen LogP contribution is -2.19. The van der Waals surface area contributed by atoms with Gasteiger partial charge in [-0.25, -0.2) is 4.68 Å². The largest absolute Gasteiger partial charge is 0.325 e. The van der Waals surface area contributed by atoms with E-state index in [1.54, 1.807) is 0 Å². The van der Waals surface area contributed by atoms with Gasteiger partial charge in [0.1, 0.15) is 5.25 Å². The molecule has 0 radical (unpaired) electrons. The van der Waals surface area contributed by atoms with Crippen LogP contribution in [0.25, 0.3) is 0 Å². The molecule has 1 heterocycles.